The van der Waals surface area contributed by atoms with E-state index in [-0.39, 0.29) is 16.4 Å². The lowest BCUT2D eigenvalue weighted by molar-refractivity contribution is 0.449. The highest BCUT2D eigenvalue weighted by molar-refractivity contribution is 7.89. The summed E-state index contributed by atoms with van der Waals surface area (Å²) in [4.78, 5) is 0.132. The fraction of sp³-hybridized carbons (Fsp3) is 0.133. The second kappa shape index (κ2) is 6.07. The molecule has 2 aromatic rings. The largest absolute Gasteiger partial charge is 0.508 e. The van der Waals surface area contributed by atoms with Crippen molar-refractivity contribution >= 4 is 16.2 Å². The number of aromatic hydroxyl groups is 2. The number of phenolic OH excluding ortho intramolecular Hbond substituents is 2. The molecular formula is C15H16N2O4S. The Balaban J connectivity index is 2.25. The molecule has 0 saturated carbocycles. The van der Waals surface area contributed by atoms with Crippen molar-refractivity contribution in [3.8, 4) is 11.5 Å². The predicted molar refractivity (Wildman–Crippen MR) is 83.5 cm³/mol. The van der Waals surface area contributed by atoms with E-state index in [1.807, 2.05) is 6.92 Å². The molecule has 0 heterocycles. The Kier molecular flexibility index (Phi) is 4.37. The first kappa shape index (κ1) is 15.8. The van der Waals surface area contributed by atoms with Gasteiger partial charge in [0, 0.05) is 18.7 Å². The van der Waals surface area contributed by atoms with Gasteiger partial charge < -0.3 is 10.2 Å². The summed E-state index contributed by atoms with van der Waals surface area (Å²) < 4.78 is 25.5. The molecule has 0 radical (unpaired) electrons. The fourth-order valence-corrected chi connectivity index (χ4v) is 2.67. The van der Waals surface area contributed by atoms with Crippen molar-refractivity contribution < 1.29 is 18.6 Å². The van der Waals surface area contributed by atoms with Crippen LogP contribution < -0.4 is 0 Å². The van der Waals surface area contributed by atoms with Crippen LogP contribution in [0.1, 0.15) is 11.1 Å². The quantitative estimate of drug-likeness (QED) is 0.666. The molecule has 0 saturated heterocycles. The molecule has 22 heavy (non-hydrogen) atoms. The van der Waals surface area contributed by atoms with Crippen LogP contribution in [0.3, 0.4) is 0 Å². The molecule has 0 fully saturated rings. The zero-order chi connectivity index (χ0) is 16.3. The second-order valence-corrected chi connectivity index (χ2v) is 6.69. The van der Waals surface area contributed by atoms with Crippen LogP contribution in [-0.2, 0) is 10.0 Å². The van der Waals surface area contributed by atoms with Gasteiger partial charge in [0.05, 0.1) is 11.1 Å². The zero-order valence-corrected chi connectivity index (χ0v) is 12.9. The Morgan fingerprint density at radius 2 is 1.73 bits per heavy atom. The van der Waals surface area contributed by atoms with Gasteiger partial charge in [-0.05, 0) is 31.2 Å². The Labute approximate surface area is 129 Å². The summed E-state index contributed by atoms with van der Waals surface area (Å²) in [5.41, 5.74) is 1.25. The Bertz CT molecular complexity index is 799. The van der Waals surface area contributed by atoms with Crippen LogP contribution in [0.25, 0.3) is 0 Å². The standard InChI is InChI=1S/C15H16N2O4S/c1-11-3-7-14(8-4-11)22(20,21)17(2)16-10-12-5-6-13(18)9-15(12)19/h3-10,18-19H,1-2H3. The first-order chi connectivity index (χ1) is 10.3. The fourth-order valence-electron chi connectivity index (χ4n) is 1.71. The number of hydrazone groups is 1. The van der Waals surface area contributed by atoms with Gasteiger partial charge in [-0.15, -0.1) is 0 Å². The molecule has 0 aliphatic carbocycles. The SMILES string of the molecule is Cc1ccc(S(=O)(=O)N(C)N=Cc2ccc(O)cc2O)cc1. The van der Waals surface area contributed by atoms with E-state index in [2.05, 4.69) is 5.10 Å². The molecule has 0 unspecified atom stereocenters. The van der Waals surface area contributed by atoms with Gasteiger partial charge in [0.2, 0.25) is 0 Å². The summed E-state index contributed by atoms with van der Waals surface area (Å²) in [6, 6.07) is 10.4. The van der Waals surface area contributed by atoms with E-state index >= 15 is 0 Å². The Morgan fingerprint density at radius 3 is 2.32 bits per heavy atom. The van der Waals surface area contributed by atoms with Crippen LogP contribution in [0.2, 0.25) is 0 Å². The molecule has 0 bridgehead atoms. The summed E-state index contributed by atoms with van der Waals surface area (Å²) in [5, 5.41) is 22.7. The van der Waals surface area contributed by atoms with Gasteiger partial charge in [0.1, 0.15) is 11.5 Å². The van der Waals surface area contributed by atoms with Crippen LogP contribution in [0.15, 0.2) is 52.5 Å². The van der Waals surface area contributed by atoms with Crippen molar-refractivity contribution in [2.45, 2.75) is 11.8 Å². The number of aryl methyl sites for hydroxylation is 1. The number of sulfonamides is 1. The van der Waals surface area contributed by atoms with E-state index in [4.69, 9.17) is 0 Å². The van der Waals surface area contributed by atoms with Crippen molar-refractivity contribution in [3.05, 3.63) is 53.6 Å². The molecule has 2 N–H and O–H groups in total. The monoisotopic (exact) mass is 320 g/mol. The normalized spacial score (nSPS) is 11.7. The Morgan fingerprint density at radius 1 is 1.09 bits per heavy atom. The van der Waals surface area contributed by atoms with Crippen molar-refractivity contribution in [1.29, 1.82) is 0 Å². The molecule has 0 spiro atoms. The molecule has 6 nitrogen and oxygen atoms in total. The van der Waals surface area contributed by atoms with Gasteiger partial charge >= 0.3 is 0 Å². The number of rotatable bonds is 4. The average molecular weight is 320 g/mol. The van der Waals surface area contributed by atoms with Crippen LogP contribution in [0.4, 0.5) is 0 Å². The number of hydrogen-bond donors (Lipinski definition) is 2. The number of phenols is 2. The van der Waals surface area contributed by atoms with Gasteiger partial charge in [-0.3, -0.25) is 0 Å². The van der Waals surface area contributed by atoms with Crippen molar-refractivity contribution in [3.63, 3.8) is 0 Å². The first-order valence-electron chi connectivity index (χ1n) is 6.42. The van der Waals surface area contributed by atoms with E-state index in [1.165, 1.54) is 37.5 Å². The molecule has 2 aromatic carbocycles. The maximum absolute atomic E-state index is 12.3. The average Bonchev–Trinajstić information content (AvgIpc) is 2.46. The van der Waals surface area contributed by atoms with E-state index < -0.39 is 10.0 Å². The van der Waals surface area contributed by atoms with Crippen molar-refractivity contribution in [2.75, 3.05) is 7.05 Å². The third-order valence-electron chi connectivity index (χ3n) is 3.04. The first-order valence-corrected chi connectivity index (χ1v) is 7.86. The predicted octanol–water partition coefficient (Wildman–Crippen LogP) is 2.06. The lowest BCUT2D eigenvalue weighted by atomic mass is 10.2. The third-order valence-corrected chi connectivity index (χ3v) is 4.70. The van der Waals surface area contributed by atoms with Crippen LogP contribution in [0.5, 0.6) is 11.5 Å². The van der Waals surface area contributed by atoms with Crippen LogP contribution in [0, 0.1) is 6.92 Å². The van der Waals surface area contributed by atoms with Gasteiger partial charge in [-0.2, -0.15) is 17.9 Å². The minimum Gasteiger partial charge on any atom is -0.508 e. The summed E-state index contributed by atoms with van der Waals surface area (Å²) in [6.07, 6.45) is 1.21. The number of benzene rings is 2. The highest BCUT2D eigenvalue weighted by Gasteiger charge is 2.18. The van der Waals surface area contributed by atoms with Gasteiger partial charge in [0.15, 0.2) is 0 Å². The lowest BCUT2D eigenvalue weighted by Gasteiger charge is -2.13. The van der Waals surface area contributed by atoms with E-state index in [1.54, 1.807) is 12.1 Å². The maximum Gasteiger partial charge on any atom is 0.278 e. The molecule has 0 aromatic heterocycles. The summed E-state index contributed by atoms with van der Waals surface area (Å²) >= 11 is 0. The zero-order valence-electron chi connectivity index (χ0n) is 12.1. The maximum atomic E-state index is 12.3. The highest BCUT2D eigenvalue weighted by atomic mass is 32.2. The molecule has 116 valence electrons. The second-order valence-electron chi connectivity index (χ2n) is 4.74. The molecule has 0 atom stereocenters. The van der Waals surface area contributed by atoms with E-state index in [0.29, 0.717) is 5.56 Å². The van der Waals surface area contributed by atoms with Gasteiger partial charge in [-0.1, -0.05) is 17.7 Å². The van der Waals surface area contributed by atoms with Crippen LogP contribution in [-0.4, -0.2) is 36.3 Å². The molecular weight excluding hydrogens is 304 g/mol. The smallest absolute Gasteiger partial charge is 0.278 e. The van der Waals surface area contributed by atoms with Crippen molar-refractivity contribution in [1.82, 2.24) is 4.41 Å². The van der Waals surface area contributed by atoms with Crippen molar-refractivity contribution in [2.24, 2.45) is 5.10 Å². The number of hydrogen-bond acceptors (Lipinski definition) is 5. The van der Waals surface area contributed by atoms with Gasteiger partial charge in [0.25, 0.3) is 10.0 Å². The highest BCUT2D eigenvalue weighted by Crippen LogP contribution is 2.21. The minimum atomic E-state index is -3.74. The Hall–Kier alpha value is -2.54. The number of nitrogens with zero attached hydrogens (tertiary/aromatic N) is 2. The minimum absolute atomic E-state index is 0.0877. The summed E-state index contributed by atoms with van der Waals surface area (Å²) in [6.45, 7) is 1.87. The summed E-state index contributed by atoms with van der Waals surface area (Å²) in [7, 11) is -2.43. The van der Waals surface area contributed by atoms with Crippen LogP contribution >= 0.6 is 0 Å². The lowest BCUT2D eigenvalue weighted by Crippen LogP contribution is -2.21. The van der Waals surface area contributed by atoms with E-state index in [0.717, 1.165) is 16.0 Å². The van der Waals surface area contributed by atoms with E-state index in [9.17, 15) is 18.6 Å². The van der Waals surface area contributed by atoms with Gasteiger partial charge in [-0.25, -0.2) is 0 Å². The third kappa shape index (κ3) is 3.37. The molecule has 0 aliphatic heterocycles. The molecule has 0 amide bonds. The topological polar surface area (TPSA) is 90.2 Å². The summed E-state index contributed by atoms with van der Waals surface area (Å²) in [5.74, 6) is -0.278. The molecule has 7 heteroatoms. The molecule has 2 rings (SSSR count). The molecule has 0 aliphatic rings.